The van der Waals surface area contributed by atoms with Gasteiger partial charge in [-0.1, -0.05) is 71.4 Å². The van der Waals surface area contributed by atoms with Crippen molar-refractivity contribution in [3.63, 3.8) is 0 Å². The molecule has 0 radical (unpaired) electrons. The molecule has 6 atom stereocenters. The molecule has 0 aromatic heterocycles. The van der Waals surface area contributed by atoms with Crippen molar-refractivity contribution in [1.82, 2.24) is 15.1 Å². The van der Waals surface area contributed by atoms with Crippen molar-refractivity contribution in [3.8, 4) is 0 Å². The third-order valence-corrected chi connectivity index (χ3v) is 9.26. The van der Waals surface area contributed by atoms with Gasteiger partial charge in [-0.15, -0.1) is 0 Å². The van der Waals surface area contributed by atoms with Gasteiger partial charge in [-0.25, -0.2) is 9.59 Å². The normalized spacial score (nSPS) is 28.2. The van der Waals surface area contributed by atoms with Crippen LogP contribution in [0.15, 0.2) is 30.3 Å². The Kier molecular flexibility index (Phi) is 13.2. The summed E-state index contributed by atoms with van der Waals surface area (Å²) in [6.45, 7) is 13.7. The highest BCUT2D eigenvalue weighted by Crippen LogP contribution is 2.31. The Morgan fingerprint density at radius 1 is 0.896 bits per heavy atom. The molecule has 48 heavy (non-hydrogen) atoms. The van der Waals surface area contributed by atoms with Crippen LogP contribution in [-0.4, -0.2) is 95.5 Å². The van der Waals surface area contributed by atoms with E-state index in [4.69, 9.17) is 14.2 Å². The van der Waals surface area contributed by atoms with Crippen molar-refractivity contribution in [1.29, 1.82) is 0 Å². The van der Waals surface area contributed by atoms with E-state index in [1.54, 1.807) is 65.8 Å². The Hall–Kier alpha value is -3.96. The average Bonchev–Trinajstić information content (AvgIpc) is 3.52. The summed E-state index contributed by atoms with van der Waals surface area (Å²) in [4.78, 5) is 85.4. The fourth-order valence-electron chi connectivity index (χ4n) is 6.28. The Morgan fingerprint density at radius 3 is 2.12 bits per heavy atom. The summed E-state index contributed by atoms with van der Waals surface area (Å²) in [6.07, 6.45) is -1.85. The average molecular weight is 672 g/mol. The molecule has 1 aromatic rings. The van der Waals surface area contributed by atoms with E-state index in [0.29, 0.717) is 25.7 Å². The molecule has 12 nitrogen and oxygen atoms in total. The molecule has 2 fully saturated rings. The summed E-state index contributed by atoms with van der Waals surface area (Å²) in [5.74, 6) is -4.72. The molecule has 1 aromatic carbocycles. The first-order valence-electron chi connectivity index (χ1n) is 17.0. The first kappa shape index (κ1) is 38.5. The number of ether oxygens (including phenoxy) is 3. The molecule has 0 bridgehead atoms. The fourth-order valence-corrected chi connectivity index (χ4v) is 6.28. The first-order valence-corrected chi connectivity index (χ1v) is 17.0. The number of rotatable bonds is 6. The van der Waals surface area contributed by atoms with Gasteiger partial charge in [-0.05, 0) is 57.4 Å². The largest absolute Gasteiger partial charge is 0.460 e. The van der Waals surface area contributed by atoms with Crippen LogP contribution >= 0.6 is 0 Å². The van der Waals surface area contributed by atoms with Gasteiger partial charge in [0, 0.05) is 20.0 Å². The van der Waals surface area contributed by atoms with Crippen molar-refractivity contribution >= 4 is 35.6 Å². The molecule has 3 amide bonds. The molecule has 12 heteroatoms. The van der Waals surface area contributed by atoms with Crippen LogP contribution in [0.5, 0.6) is 0 Å². The quantitative estimate of drug-likeness (QED) is 0.355. The topological polar surface area (TPSA) is 149 Å². The zero-order valence-electron chi connectivity index (χ0n) is 29.8. The van der Waals surface area contributed by atoms with Crippen molar-refractivity contribution < 1.29 is 43.0 Å². The molecule has 1 N–H and O–H groups in total. The molecule has 0 spiro atoms. The molecule has 2 heterocycles. The lowest BCUT2D eigenvalue weighted by molar-refractivity contribution is -0.185. The van der Waals surface area contributed by atoms with Crippen LogP contribution in [0.25, 0.3) is 0 Å². The number of hydrogen-bond acceptors (Lipinski definition) is 9. The number of carbonyl (C=O) groups is 6. The number of benzene rings is 1. The summed E-state index contributed by atoms with van der Waals surface area (Å²) < 4.78 is 17.3. The van der Waals surface area contributed by atoms with E-state index in [1.165, 1.54) is 23.8 Å². The standard InChI is InChI=1S/C36H53N3O9/c1-10-15-27-36(7,8)35(45)46-23(6)33(43)47-26(20-24-16-12-11-13-17-24)32(42)39-19-14-18-25(39)31(41)38(9)29(22(4)5)30(40)37-28(21(2)3)34(44)48-27/h11-13,16-17,21-23,25-29H,10,14-15,18-20H2,1-9H3,(H,37,40)/t23-,25-,26-,27?,28?,29+/m0/s1. The molecular weight excluding hydrogens is 618 g/mol. The Balaban J connectivity index is 2.10. The Bertz CT molecular complexity index is 1330. The van der Waals surface area contributed by atoms with Crippen molar-refractivity contribution in [3.05, 3.63) is 35.9 Å². The number of likely N-dealkylation sites (N-methyl/N-ethyl adjacent to an activating group) is 1. The fraction of sp³-hybridized carbons (Fsp3) is 0.667. The number of esters is 3. The third-order valence-electron chi connectivity index (χ3n) is 9.26. The van der Waals surface area contributed by atoms with Crippen LogP contribution in [0.2, 0.25) is 0 Å². The van der Waals surface area contributed by atoms with Gasteiger partial charge in [0.1, 0.15) is 24.2 Å². The minimum absolute atomic E-state index is 0.0347. The number of nitrogens with one attached hydrogen (secondary N) is 1. The lowest BCUT2D eigenvalue weighted by Gasteiger charge is -2.36. The van der Waals surface area contributed by atoms with E-state index in [0.717, 1.165) is 5.56 Å². The van der Waals surface area contributed by atoms with E-state index in [1.807, 2.05) is 13.0 Å². The number of nitrogens with zero attached hydrogens (tertiary/aromatic N) is 2. The molecule has 0 aliphatic carbocycles. The third kappa shape index (κ3) is 8.93. The lowest BCUT2D eigenvalue weighted by atomic mass is 9.84. The molecular formula is C36H53N3O9. The van der Waals surface area contributed by atoms with E-state index >= 15 is 0 Å². The van der Waals surface area contributed by atoms with Crippen LogP contribution in [0.1, 0.15) is 86.6 Å². The molecule has 266 valence electrons. The second-order valence-corrected chi connectivity index (χ2v) is 14.2. The number of fused-ring (bicyclic) bond motifs is 1. The van der Waals surface area contributed by atoms with Gasteiger partial charge in [0.15, 0.2) is 12.2 Å². The summed E-state index contributed by atoms with van der Waals surface area (Å²) in [7, 11) is 1.52. The number of carbonyl (C=O) groups excluding carboxylic acids is 6. The van der Waals surface area contributed by atoms with Gasteiger partial charge in [-0.3, -0.25) is 19.2 Å². The maximum Gasteiger partial charge on any atom is 0.347 e. The van der Waals surface area contributed by atoms with Gasteiger partial charge in [0.05, 0.1) is 5.41 Å². The maximum atomic E-state index is 14.1. The predicted octanol–water partition coefficient (Wildman–Crippen LogP) is 3.44. The summed E-state index contributed by atoms with van der Waals surface area (Å²) in [5, 5.41) is 2.81. The molecule has 2 aliphatic rings. The molecule has 2 aliphatic heterocycles. The highest BCUT2D eigenvalue weighted by molar-refractivity contribution is 5.95. The van der Waals surface area contributed by atoms with Crippen molar-refractivity contribution in [2.75, 3.05) is 13.6 Å². The van der Waals surface area contributed by atoms with E-state index < -0.39 is 77.5 Å². The predicted molar refractivity (Wildman–Crippen MR) is 177 cm³/mol. The molecule has 0 saturated carbocycles. The van der Waals surface area contributed by atoms with Gasteiger partial charge >= 0.3 is 17.9 Å². The van der Waals surface area contributed by atoms with Crippen LogP contribution in [0, 0.1) is 17.3 Å². The Morgan fingerprint density at radius 2 is 1.54 bits per heavy atom. The highest BCUT2D eigenvalue weighted by atomic mass is 16.6. The number of cyclic esters (lactones) is 3. The summed E-state index contributed by atoms with van der Waals surface area (Å²) in [6, 6.07) is 6.08. The van der Waals surface area contributed by atoms with Crippen molar-refractivity contribution in [2.45, 2.75) is 124 Å². The van der Waals surface area contributed by atoms with Crippen LogP contribution < -0.4 is 5.32 Å². The van der Waals surface area contributed by atoms with E-state index in [2.05, 4.69) is 5.32 Å². The van der Waals surface area contributed by atoms with Crippen LogP contribution in [-0.2, 0) is 49.4 Å². The van der Waals surface area contributed by atoms with Gasteiger partial charge in [0.2, 0.25) is 11.8 Å². The lowest BCUT2D eigenvalue weighted by Crippen LogP contribution is -2.59. The second-order valence-electron chi connectivity index (χ2n) is 14.2. The maximum absolute atomic E-state index is 14.1. The summed E-state index contributed by atoms with van der Waals surface area (Å²) in [5.41, 5.74) is -0.656. The smallest absolute Gasteiger partial charge is 0.347 e. The van der Waals surface area contributed by atoms with Crippen LogP contribution in [0.3, 0.4) is 0 Å². The molecule has 2 unspecified atom stereocenters. The van der Waals surface area contributed by atoms with Crippen LogP contribution in [0.4, 0.5) is 0 Å². The molecule has 2 saturated heterocycles. The monoisotopic (exact) mass is 671 g/mol. The van der Waals surface area contributed by atoms with E-state index in [-0.39, 0.29) is 24.8 Å². The first-order chi connectivity index (χ1) is 22.5. The summed E-state index contributed by atoms with van der Waals surface area (Å²) >= 11 is 0. The minimum atomic E-state index is -1.39. The zero-order chi connectivity index (χ0) is 35.9. The van der Waals surface area contributed by atoms with Crippen molar-refractivity contribution in [2.24, 2.45) is 17.3 Å². The minimum Gasteiger partial charge on any atom is -0.460 e. The van der Waals surface area contributed by atoms with Gasteiger partial charge in [-0.2, -0.15) is 0 Å². The SMILES string of the molecule is CCCC1OC(=O)C(C(C)C)NC(=O)[C@@H](C(C)C)N(C)C(=O)[C@@H]2CCCN2C(=O)[C@H](Cc2ccccc2)OC(=O)[C@H](C)OC(=O)C1(C)C. The number of hydrogen-bond donors (Lipinski definition) is 1. The second kappa shape index (κ2) is 16.4. The highest BCUT2D eigenvalue weighted by Gasteiger charge is 2.46. The number of amides is 3. The zero-order valence-corrected chi connectivity index (χ0v) is 29.8. The molecule has 3 rings (SSSR count). The van der Waals surface area contributed by atoms with Gasteiger partial charge in [0.25, 0.3) is 5.91 Å². The van der Waals surface area contributed by atoms with Gasteiger partial charge < -0.3 is 29.3 Å². The Labute approximate surface area is 284 Å². The van der Waals surface area contributed by atoms with E-state index in [9.17, 15) is 28.8 Å².